The molecule has 1 rings (SSSR count). The van der Waals surface area contributed by atoms with E-state index in [1.54, 1.807) is 5.56 Å². The van der Waals surface area contributed by atoms with Gasteiger partial charge in [0.25, 0.3) is 0 Å². The summed E-state index contributed by atoms with van der Waals surface area (Å²) in [7, 11) is 4.26. The van der Waals surface area contributed by atoms with Crippen molar-refractivity contribution in [1.82, 2.24) is 0 Å². The van der Waals surface area contributed by atoms with Crippen molar-refractivity contribution in [1.29, 1.82) is 0 Å². The zero-order valence-electron chi connectivity index (χ0n) is 10.5. The molecule has 0 bridgehead atoms. The van der Waals surface area contributed by atoms with E-state index in [2.05, 4.69) is 51.0 Å². The predicted octanol–water partition coefficient (Wildman–Crippen LogP) is 3.01. The number of aryl methyl sites for hydroxylation is 1. The van der Waals surface area contributed by atoms with Crippen LogP contribution in [0.3, 0.4) is 0 Å². The van der Waals surface area contributed by atoms with Crippen molar-refractivity contribution in [3.05, 3.63) is 29.3 Å². The second kappa shape index (κ2) is 7.82. The van der Waals surface area contributed by atoms with Crippen molar-refractivity contribution >= 4 is 24.5 Å². The Morgan fingerprint density at radius 3 is 2.12 bits per heavy atom. The Balaban J connectivity index is 0.00000225. The Labute approximate surface area is 112 Å². The average molecular weight is 213 g/mol. The molecule has 0 spiro atoms. The first-order chi connectivity index (χ1) is 7.20. The summed E-state index contributed by atoms with van der Waals surface area (Å²) in [6.45, 7) is 4.50. The molecule has 86 valence electrons. The van der Waals surface area contributed by atoms with E-state index in [0.29, 0.717) is 0 Å². The van der Waals surface area contributed by atoms with Crippen molar-refractivity contribution in [3.63, 3.8) is 0 Å². The maximum atomic E-state index is 2.28. The van der Waals surface area contributed by atoms with Crippen LogP contribution in [-0.4, -0.2) is 33.0 Å². The second-order valence-corrected chi connectivity index (χ2v) is 4.31. The zero-order valence-corrected chi connectivity index (χ0v) is 10.5. The summed E-state index contributed by atoms with van der Waals surface area (Å²) in [5.41, 5.74) is 4.47. The Morgan fingerprint density at radius 1 is 1.00 bits per heavy atom. The number of hydrogen-bond acceptors (Lipinski definition) is 1. The fourth-order valence-electron chi connectivity index (χ4n) is 2.08. The summed E-state index contributed by atoms with van der Waals surface area (Å²) in [6, 6.07) is 6.69. The van der Waals surface area contributed by atoms with E-state index in [9.17, 15) is 0 Å². The van der Waals surface area contributed by atoms with Crippen LogP contribution in [0.5, 0.6) is 0 Å². The number of nitrogens with zero attached hydrogens (tertiary/aromatic N) is 1. The number of anilines is 1. The van der Waals surface area contributed by atoms with Crippen molar-refractivity contribution < 1.29 is 0 Å². The van der Waals surface area contributed by atoms with Crippen molar-refractivity contribution in [2.45, 2.75) is 39.5 Å². The normalized spacial score (nSPS) is 9.75. The topological polar surface area (TPSA) is 3.24 Å². The maximum absolute atomic E-state index is 2.28. The summed E-state index contributed by atoms with van der Waals surface area (Å²) in [4.78, 5) is 2.23. The average Bonchev–Trinajstić information content (AvgIpc) is 2.21. The summed E-state index contributed by atoms with van der Waals surface area (Å²) in [6.07, 6.45) is 4.86. The van der Waals surface area contributed by atoms with E-state index in [-0.39, 0.29) is 18.9 Å². The molecule has 0 aliphatic rings. The van der Waals surface area contributed by atoms with Crippen LogP contribution in [0.4, 0.5) is 5.69 Å². The summed E-state index contributed by atoms with van der Waals surface area (Å²) in [5, 5.41) is 0. The molecule has 0 atom stereocenters. The third-order valence-corrected chi connectivity index (χ3v) is 2.75. The molecule has 2 heteroatoms. The van der Waals surface area contributed by atoms with Gasteiger partial charge in [0.1, 0.15) is 0 Å². The van der Waals surface area contributed by atoms with Crippen LogP contribution >= 0.6 is 0 Å². The molecule has 16 heavy (non-hydrogen) atoms. The molecule has 0 heterocycles. The Bertz CT molecular complexity index is 308. The van der Waals surface area contributed by atoms with E-state index in [0.717, 1.165) is 0 Å². The molecular weight excluding hydrogens is 189 g/mol. The van der Waals surface area contributed by atoms with Gasteiger partial charge in [-0.15, -0.1) is 0 Å². The minimum absolute atomic E-state index is 0. The molecule has 0 saturated carbocycles. The SMILES string of the molecule is CCCc1cccc(N(C)C)c1CCC.[LiH]. The molecule has 0 aromatic heterocycles. The van der Waals surface area contributed by atoms with Gasteiger partial charge >= 0.3 is 18.9 Å². The predicted molar refractivity (Wildman–Crippen MR) is 75.9 cm³/mol. The first-order valence-electron chi connectivity index (χ1n) is 5.98. The quantitative estimate of drug-likeness (QED) is 0.680. The van der Waals surface area contributed by atoms with Crippen molar-refractivity contribution in [2.24, 2.45) is 0 Å². The van der Waals surface area contributed by atoms with Crippen LogP contribution in [-0.2, 0) is 12.8 Å². The van der Waals surface area contributed by atoms with Gasteiger partial charge in [0.15, 0.2) is 0 Å². The standard InChI is InChI=1S/C14H23N.Li.H/c1-5-8-12-10-7-11-14(15(3)4)13(12)9-6-2;;/h7,10-11H,5-6,8-9H2,1-4H3;;. The minimum atomic E-state index is 0. The molecule has 0 aliphatic heterocycles. The molecular formula is C14H24LiN. The van der Waals surface area contributed by atoms with Crippen LogP contribution in [0.15, 0.2) is 18.2 Å². The Kier molecular flexibility index (Phi) is 7.63. The van der Waals surface area contributed by atoms with Gasteiger partial charge in [-0.2, -0.15) is 0 Å². The second-order valence-electron chi connectivity index (χ2n) is 4.31. The van der Waals surface area contributed by atoms with E-state index in [4.69, 9.17) is 0 Å². The third-order valence-electron chi connectivity index (χ3n) is 2.75. The van der Waals surface area contributed by atoms with Crippen LogP contribution < -0.4 is 4.90 Å². The van der Waals surface area contributed by atoms with Crippen molar-refractivity contribution in [3.8, 4) is 0 Å². The van der Waals surface area contributed by atoms with E-state index in [1.165, 1.54) is 36.9 Å². The van der Waals surface area contributed by atoms with Gasteiger partial charge < -0.3 is 4.90 Å². The third kappa shape index (κ3) is 3.89. The molecule has 1 nitrogen and oxygen atoms in total. The van der Waals surface area contributed by atoms with Crippen LogP contribution in [0.2, 0.25) is 0 Å². The van der Waals surface area contributed by atoms with Gasteiger partial charge in [-0.25, -0.2) is 0 Å². The summed E-state index contributed by atoms with van der Waals surface area (Å²) in [5.74, 6) is 0. The van der Waals surface area contributed by atoms with Crippen LogP contribution in [0.25, 0.3) is 0 Å². The number of rotatable bonds is 5. The van der Waals surface area contributed by atoms with Crippen LogP contribution in [0.1, 0.15) is 37.8 Å². The molecule has 0 saturated heterocycles. The molecule has 1 aromatic rings. The molecule has 0 fully saturated rings. The van der Waals surface area contributed by atoms with Crippen molar-refractivity contribution in [2.75, 3.05) is 19.0 Å². The molecule has 0 amide bonds. The molecule has 0 radical (unpaired) electrons. The van der Waals surface area contributed by atoms with Gasteiger partial charge in [-0.05, 0) is 30.0 Å². The Hall–Kier alpha value is -0.383. The first kappa shape index (κ1) is 15.6. The van der Waals surface area contributed by atoms with Gasteiger partial charge in [0.2, 0.25) is 0 Å². The van der Waals surface area contributed by atoms with E-state index in [1.807, 2.05) is 0 Å². The fraction of sp³-hybridized carbons (Fsp3) is 0.571. The number of benzene rings is 1. The summed E-state index contributed by atoms with van der Waals surface area (Å²) < 4.78 is 0. The number of hydrogen-bond donors (Lipinski definition) is 0. The van der Waals surface area contributed by atoms with Gasteiger partial charge in [-0.1, -0.05) is 38.8 Å². The zero-order chi connectivity index (χ0) is 11.3. The monoisotopic (exact) mass is 213 g/mol. The van der Waals surface area contributed by atoms with Gasteiger partial charge in [0, 0.05) is 19.8 Å². The van der Waals surface area contributed by atoms with Gasteiger partial charge in [-0.3, -0.25) is 0 Å². The fourth-order valence-corrected chi connectivity index (χ4v) is 2.08. The van der Waals surface area contributed by atoms with E-state index < -0.39 is 0 Å². The molecule has 0 unspecified atom stereocenters. The van der Waals surface area contributed by atoms with Gasteiger partial charge in [0.05, 0.1) is 0 Å². The Morgan fingerprint density at radius 2 is 1.62 bits per heavy atom. The molecule has 0 N–H and O–H groups in total. The van der Waals surface area contributed by atoms with Crippen LogP contribution in [0, 0.1) is 0 Å². The van der Waals surface area contributed by atoms with E-state index >= 15 is 0 Å². The molecule has 0 aliphatic carbocycles. The first-order valence-corrected chi connectivity index (χ1v) is 5.98. The summed E-state index contributed by atoms with van der Waals surface area (Å²) >= 11 is 0. The molecule has 1 aromatic carbocycles.